The Labute approximate surface area is 146 Å². The van der Waals surface area contributed by atoms with Gasteiger partial charge in [0.15, 0.2) is 0 Å². The van der Waals surface area contributed by atoms with E-state index in [4.69, 9.17) is 11.6 Å². The van der Waals surface area contributed by atoms with Gasteiger partial charge in [0.05, 0.1) is 16.6 Å². The standard InChI is InChI=1S/C13H13ClF3N3O2S2/c1-7(12-19-18-8(2)23-12)20(3)24(21,22)11-5-4-9(6-10(11)14)13(15,16)17/h4-7H,1-3H3. The molecule has 0 fully saturated rings. The monoisotopic (exact) mass is 399 g/mol. The Balaban J connectivity index is 2.39. The maximum absolute atomic E-state index is 12.7. The first-order chi connectivity index (χ1) is 10.9. The summed E-state index contributed by atoms with van der Waals surface area (Å²) in [5, 5.41) is 8.38. The van der Waals surface area contributed by atoms with Crippen LogP contribution in [0.15, 0.2) is 23.1 Å². The highest BCUT2D eigenvalue weighted by atomic mass is 35.5. The van der Waals surface area contributed by atoms with Gasteiger partial charge in [-0.3, -0.25) is 0 Å². The van der Waals surface area contributed by atoms with Crippen LogP contribution in [0.5, 0.6) is 0 Å². The molecule has 1 aromatic heterocycles. The van der Waals surface area contributed by atoms with E-state index in [-0.39, 0.29) is 0 Å². The molecule has 0 saturated heterocycles. The topological polar surface area (TPSA) is 63.2 Å². The Bertz CT molecular complexity index is 852. The summed E-state index contributed by atoms with van der Waals surface area (Å²) in [6, 6.07) is 1.50. The zero-order valence-corrected chi connectivity index (χ0v) is 15.2. The fourth-order valence-electron chi connectivity index (χ4n) is 1.89. The first-order valence-corrected chi connectivity index (χ1v) is 9.23. The van der Waals surface area contributed by atoms with Gasteiger partial charge in [0, 0.05) is 7.05 Å². The molecule has 132 valence electrons. The molecule has 1 aromatic carbocycles. The van der Waals surface area contributed by atoms with Gasteiger partial charge in [-0.2, -0.15) is 17.5 Å². The van der Waals surface area contributed by atoms with Crippen molar-refractivity contribution in [3.8, 4) is 0 Å². The minimum absolute atomic E-state index is 0.396. The highest BCUT2D eigenvalue weighted by Gasteiger charge is 2.34. The van der Waals surface area contributed by atoms with Crippen LogP contribution >= 0.6 is 22.9 Å². The van der Waals surface area contributed by atoms with Crippen molar-refractivity contribution in [2.75, 3.05) is 7.05 Å². The summed E-state index contributed by atoms with van der Waals surface area (Å²) in [4.78, 5) is -0.396. The molecule has 0 aliphatic heterocycles. The third kappa shape index (κ3) is 3.71. The Hall–Kier alpha value is -1.23. The third-order valence-corrected chi connectivity index (χ3v) is 6.78. The molecule has 1 unspecified atom stereocenters. The van der Waals surface area contributed by atoms with Crippen molar-refractivity contribution in [2.45, 2.75) is 31.0 Å². The predicted octanol–water partition coefficient (Wildman–Crippen LogP) is 3.90. The van der Waals surface area contributed by atoms with Crippen LogP contribution in [-0.4, -0.2) is 30.0 Å². The Morgan fingerprint density at radius 1 is 1.29 bits per heavy atom. The van der Waals surface area contributed by atoms with Crippen molar-refractivity contribution in [3.05, 3.63) is 38.8 Å². The van der Waals surface area contributed by atoms with Crippen LogP contribution in [0, 0.1) is 6.92 Å². The largest absolute Gasteiger partial charge is 0.416 e. The molecule has 11 heteroatoms. The Kier molecular flexibility index (Phi) is 5.24. The molecule has 1 atom stereocenters. The molecule has 2 aromatic rings. The van der Waals surface area contributed by atoms with Crippen LogP contribution < -0.4 is 0 Å². The van der Waals surface area contributed by atoms with E-state index >= 15 is 0 Å². The van der Waals surface area contributed by atoms with E-state index in [2.05, 4.69) is 10.2 Å². The molecule has 0 amide bonds. The van der Waals surface area contributed by atoms with Crippen LogP contribution in [0.3, 0.4) is 0 Å². The fraction of sp³-hybridized carbons (Fsp3) is 0.385. The van der Waals surface area contributed by atoms with Crippen molar-refractivity contribution in [3.63, 3.8) is 0 Å². The van der Waals surface area contributed by atoms with Gasteiger partial charge in [0.2, 0.25) is 10.0 Å². The van der Waals surface area contributed by atoms with Gasteiger partial charge < -0.3 is 0 Å². The van der Waals surface area contributed by atoms with Crippen molar-refractivity contribution in [2.24, 2.45) is 0 Å². The minimum Gasteiger partial charge on any atom is -0.207 e. The Morgan fingerprint density at radius 2 is 1.92 bits per heavy atom. The zero-order valence-electron chi connectivity index (χ0n) is 12.8. The van der Waals surface area contributed by atoms with Crippen LogP contribution in [-0.2, 0) is 16.2 Å². The SMILES string of the molecule is Cc1nnc(C(C)N(C)S(=O)(=O)c2ccc(C(F)(F)F)cc2Cl)s1. The van der Waals surface area contributed by atoms with Gasteiger partial charge in [-0.15, -0.1) is 21.5 Å². The van der Waals surface area contributed by atoms with Crippen LogP contribution in [0.25, 0.3) is 0 Å². The summed E-state index contributed by atoms with van der Waals surface area (Å²) in [6.45, 7) is 3.34. The number of hydrogen-bond donors (Lipinski definition) is 0. The molecule has 5 nitrogen and oxygen atoms in total. The summed E-state index contributed by atoms with van der Waals surface area (Å²) in [5.41, 5.74) is -1.01. The number of nitrogens with zero attached hydrogens (tertiary/aromatic N) is 3. The molecule has 0 bridgehead atoms. The lowest BCUT2D eigenvalue weighted by Crippen LogP contribution is -2.30. The number of rotatable bonds is 4. The van der Waals surface area contributed by atoms with E-state index in [0.717, 1.165) is 10.4 Å². The highest BCUT2D eigenvalue weighted by Crippen LogP contribution is 2.35. The van der Waals surface area contributed by atoms with Gasteiger partial charge in [0.1, 0.15) is 14.9 Å². The van der Waals surface area contributed by atoms with Gasteiger partial charge in [0.25, 0.3) is 0 Å². The second-order valence-electron chi connectivity index (χ2n) is 5.00. The van der Waals surface area contributed by atoms with Crippen LogP contribution in [0.2, 0.25) is 5.02 Å². The van der Waals surface area contributed by atoms with Crippen molar-refractivity contribution < 1.29 is 21.6 Å². The molecule has 1 heterocycles. The molecule has 0 aliphatic carbocycles. The lowest BCUT2D eigenvalue weighted by molar-refractivity contribution is -0.137. The van der Waals surface area contributed by atoms with Gasteiger partial charge in [-0.1, -0.05) is 11.6 Å². The average Bonchev–Trinajstić information content (AvgIpc) is 2.91. The number of benzene rings is 1. The summed E-state index contributed by atoms with van der Waals surface area (Å²) in [6.07, 6.45) is -4.60. The second-order valence-corrected chi connectivity index (χ2v) is 8.59. The van der Waals surface area contributed by atoms with Crippen LogP contribution in [0.1, 0.15) is 28.5 Å². The molecule has 0 N–H and O–H groups in total. The van der Waals surface area contributed by atoms with E-state index in [0.29, 0.717) is 22.1 Å². The van der Waals surface area contributed by atoms with E-state index in [1.165, 1.54) is 18.4 Å². The highest BCUT2D eigenvalue weighted by molar-refractivity contribution is 7.89. The number of halogens is 4. The number of aryl methyl sites for hydroxylation is 1. The van der Waals surface area contributed by atoms with Gasteiger partial charge >= 0.3 is 6.18 Å². The minimum atomic E-state index is -4.60. The Morgan fingerprint density at radius 3 is 2.38 bits per heavy atom. The molecule has 0 radical (unpaired) electrons. The average molecular weight is 400 g/mol. The van der Waals surface area contributed by atoms with Crippen molar-refractivity contribution in [1.82, 2.24) is 14.5 Å². The van der Waals surface area contributed by atoms with Crippen LogP contribution in [0.4, 0.5) is 13.2 Å². The first kappa shape index (κ1) is 19.1. The van der Waals surface area contributed by atoms with Crippen molar-refractivity contribution in [1.29, 1.82) is 0 Å². The number of aromatic nitrogens is 2. The normalized spacial score (nSPS) is 14.2. The number of hydrogen-bond acceptors (Lipinski definition) is 5. The lowest BCUT2D eigenvalue weighted by Gasteiger charge is -2.23. The van der Waals surface area contributed by atoms with E-state index < -0.39 is 37.7 Å². The first-order valence-electron chi connectivity index (χ1n) is 6.59. The fourth-order valence-corrected chi connectivity index (χ4v) is 4.59. The van der Waals surface area contributed by atoms with Gasteiger partial charge in [-0.25, -0.2) is 8.42 Å². The number of alkyl halides is 3. The third-order valence-electron chi connectivity index (χ3n) is 3.36. The molecule has 2 rings (SSSR count). The molecule has 0 aliphatic rings. The summed E-state index contributed by atoms with van der Waals surface area (Å²) >= 11 is 7.02. The molecular formula is C13H13ClF3N3O2S2. The quantitative estimate of drug-likeness (QED) is 0.782. The lowest BCUT2D eigenvalue weighted by atomic mass is 10.2. The van der Waals surface area contributed by atoms with E-state index in [1.807, 2.05) is 0 Å². The molecule has 24 heavy (non-hydrogen) atoms. The molecule has 0 spiro atoms. The maximum atomic E-state index is 12.7. The van der Waals surface area contributed by atoms with Crippen molar-refractivity contribution >= 4 is 33.0 Å². The zero-order chi connectivity index (χ0) is 18.3. The molecule has 0 saturated carbocycles. The summed E-state index contributed by atoms with van der Waals surface area (Å²) < 4.78 is 64.3. The maximum Gasteiger partial charge on any atom is 0.416 e. The summed E-state index contributed by atoms with van der Waals surface area (Å²) in [7, 11) is -2.79. The van der Waals surface area contributed by atoms with E-state index in [1.54, 1.807) is 13.8 Å². The van der Waals surface area contributed by atoms with Gasteiger partial charge in [-0.05, 0) is 32.0 Å². The smallest absolute Gasteiger partial charge is 0.207 e. The summed E-state index contributed by atoms with van der Waals surface area (Å²) in [5.74, 6) is 0. The number of sulfonamides is 1. The second kappa shape index (κ2) is 6.58. The molecular weight excluding hydrogens is 387 g/mol. The predicted molar refractivity (Wildman–Crippen MR) is 84.5 cm³/mol. The van der Waals surface area contributed by atoms with E-state index in [9.17, 15) is 21.6 Å².